The molecule has 22 heavy (non-hydrogen) atoms. The molecule has 0 aliphatic rings. The number of hydrogen-bond donors (Lipinski definition) is 7. The average molecular weight is 318 g/mol. The second-order valence-corrected chi connectivity index (χ2v) is 4.40. The van der Waals surface area contributed by atoms with Crippen molar-refractivity contribution in [1.29, 1.82) is 0 Å². The Kier molecular flexibility index (Phi) is 10.2. The molecule has 9 heteroatoms. The molecule has 0 aliphatic heterocycles. The van der Waals surface area contributed by atoms with Crippen LogP contribution in [0, 0.1) is 0 Å². The first-order valence-electron chi connectivity index (χ1n) is 6.46. The summed E-state index contributed by atoms with van der Waals surface area (Å²) in [6, 6.07) is 3.08. The predicted octanol–water partition coefficient (Wildman–Crippen LogP) is -2.58. The molecule has 0 bridgehead atoms. The number of carbonyl (C=O) groups is 1. The van der Waals surface area contributed by atoms with E-state index in [1.807, 2.05) is 0 Å². The lowest BCUT2D eigenvalue weighted by Crippen LogP contribution is -2.48. The molecule has 0 fully saturated rings. The van der Waals surface area contributed by atoms with Crippen LogP contribution in [-0.2, 0) is 0 Å². The number of likely N-dealkylation sites (N-methyl/N-ethyl adjacent to an activating group) is 1. The smallest absolute Gasteiger partial charge is 0.337 e. The summed E-state index contributed by atoms with van der Waals surface area (Å²) in [6.45, 7) is -0.569. The molecule has 126 valence electrons. The summed E-state index contributed by atoms with van der Waals surface area (Å²) in [7, 11) is 1.57. The Labute approximate surface area is 127 Å². The van der Waals surface area contributed by atoms with Crippen LogP contribution >= 0.6 is 0 Å². The van der Waals surface area contributed by atoms with E-state index in [0.29, 0.717) is 0 Å². The van der Waals surface area contributed by atoms with Gasteiger partial charge in [-0.2, -0.15) is 0 Å². The number of carboxylic acid groups (broad SMARTS) is 1. The van der Waals surface area contributed by atoms with Gasteiger partial charge in [-0.15, -0.1) is 0 Å². The third kappa shape index (κ3) is 7.41. The number of nitrogens with zero attached hydrogens (tertiary/aromatic N) is 1. The van der Waals surface area contributed by atoms with Crippen molar-refractivity contribution in [2.45, 2.75) is 24.4 Å². The monoisotopic (exact) mass is 318 g/mol. The van der Waals surface area contributed by atoms with Crippen LogP contribution in [0.25, 0.3) is 0 Å². The number of pyridine rings is 1. The molecular formula is C13H22N2O7. The van der Waals surface area contributed by atoms with Gasteiger partial charge in [0.05, 0.1) is 18.3 Å². The molecule has 0 saturated heterocycles. The number of aromatic nitrogens is 1. The molecule has 0 radical (unpaired) electrons. The van der Waals surface area contributed by atoms with Gasteiger partial charge in [-0.25, -0.2) is 4.79 Å². The maximum Gasteiger partial charge on any atom is 0.337 e. The molecular weight excluding hydrogens is 296 g/mol. The molecule has 1 aromatic rings. The lowest BCUT2D eigenvalue weighted by atomic mass is 10.0. The minimum Gasteiger partial charge on any atom is -0.478 e. The van der Waals surface area contributed by atoms with Crippen LogP contribution in [0.3, 0.4) is 0 Å². The first-order valence-corrected chi connectivity index (χ1v) is 6.46. The number of rotatable bonds is 7. The van der Waals surface area contributed by atoms with Crippen molar-refractivity contribution >= 4 is 5.97 Å². The van der Waals surface area contributed by atoms with E-state index in [2.05, 4.69) is 10.3 Å². The fourth-order valence-electron chi connectivity index (χ4n) is 1.38. The Morgan fingerprint density at radius 3 is 2.18 bits per heavy atom. The van der Waals surface area contributed by atoms with Gasteiger partial charge in [0.2, 0.25) is 0 Å². The molecule has 1 rings (SSSR count). The van der Waals surface area contributed by atoms with Gasteiger partial charge in [-0.05, 0) is 19.2 Å². The highest BCUT2D eigenvalue weighted by Crippen LogP contribution is 2.04. The Morgan fingerprint density at radius 2 is 1.82 bits per heavy atom. The van der Waals surface area contributed by atoms with Gasteiger partial charge < -0.3 is 36.0 Å². The summed E-state index contributed by atoms with van der Waals surface area (Å²) in [5.74, 6) is -0.942. The third-order valence-corrected chi connectivity index (χ3v) is 2.65. The zero-order valence-corrected chi connectivity index (χ0v) is 12.1. The Balaban J connectivity index is 0.000000425. The van der Waals surface area contributed by atoms with E-state index in [0.717, 1.165) is 0 Å². The molecule has 4 unspecified atom stereocenters. The van der Waals surface area contributed by atoms with E-state index in [1.54, 1.807) is 13.1 Å². The Bertz CT molecular complexity index is 418. The highest BCUT2D eigenvalue weighted by molar-refractivity contribution is 5.86. The van der Waals surface area contributed by atoms with E-state index in [9.17, 15) is 9.90 Å². The topological polar surface area (TPSA) is 163 Å². The zero-order valence-electron chi connectivity index (χ0n) is 12.1. The van der Waals surface area contributed by atoms with Gasteiger partial charge in [0.25, 0.3) is 0 Å². The summed E-state index contributed by atoms with van der Waals surface area (Å²) in [6.07, 6.45) is -2.81. The van der Waals surface area contributed by atoms with Crippen molar-refractivity contribution in [2.75, 3.05) is 20.2 Å². The number of aromatic carboxylic acids is 1. The molecule has 0 amide bonds. The van der Waals surface area contributed by atoms with Crippen molar-refractivity contribution in [1.82, 2.24) is 10.3 Å². The molecule has 0 aliphatic carbocycles. The van der Waals surface area contributed by atoms with Gasteiger partial charge in [-0.3, -0.25) is 4.98 Å². The lowest BCUT2D eigenvalue weighted by Gasteiger charge is -2.25. The second-order valence-electron chi connectivity index (χ2n) is 4.40. The van der Waals surface area contributed by atoms with Crippen LogP contribution in [0.5, 0.6) is 0 Å². The molecule has 7 N–H and O–H groups in total. The first-order chi connectivity index (χ1) is 10.3. The fraction of sp³-hybridized carbons (Fsp3) is 0.538. The van der Waals surface area contributed by atoms with Crippen molar-refractivity contribution in [3.63, 3.8) is 0 Å². The summed E-state index contributed by atoms with van der Waals surface area (Å²) in [5, 5.41) is 55.8. The highest BCUT2D eigenvalue weighted by Gasteiger charge is 2.29. The number of nitrogens with one attached hydrogen (secondary N) is 1. The molecule has 0 spiro atoms. The van der Waals surface area contributed by atoms with Crippen LogP contribution in [0.1, 0.15) is 10.4 Å². The molecule has 0 aromatic carbocycles. The quantitative estimate of drug-likeness (QED) is 0.286. The van der Waals surface area contributed by atoms with Crippen LogP contribution in [0.2, 0.25) is 0 Å². The fourth-order valence-corrected chi connectivity index (χ4v) is 1.38. The minimum absolute atomic E-state index is 0.0936. The summed E-state index contributed by atoms with van der Waals surface area (Å²) < 4.78 is 0. The van der Waals surface area contributed by atoms with Gasteiger partial charge in [0, 0.05) is 18.9 Å². The van der Waals surface area contributed by atoms with Gasteiger partial charge >= 0.3 is 5.97 Å². The molecule has 0 saturated carbocycles. The summed E-state index contributed by atoms with van der Waals surface area (Å²) in [4.78, 5) is 13.8. The van der Waals surface area contributed by atoms with Gasteiger partial charge in [0.1, 0.15) is 18.3 Å². The predicted molar refractivity (Wildman–Crippen MR) is 76.2 cm³/mol. The molecule has 4 atom stereocenters. The van der Waals surface area contributed by atoms with E-state index < -0.39 is 37.0 Å². The molecule has 1 heterocycles. The number of hydrogen-bond acceptors (Lipinski definition) is 8. The standard InChI is InChI=1S/C7H17NO5.C6H5NO2/c1-8-2-4(10)6(12)7(13)5(11)3-9;8-6(9)5-2-1-3-7-4-5/h4-13H,2-3H2,1H3;1-4H,(H,8,9). The maximum atomic E-state index is 10.2. The normalized spacial score (nSPS) is 15.9. The van der Waals surface area contributed by atoms with E-state index in [4.69, 9.17) is 25.5 Å². The minimum atomic E-state index is -1.55. The largest absolute Gasteiger partial charge is 0.478 e. The van der Waals surface area contributed by atoms with E-state index >= 15 is 0 Å². The molecule has 1 aromatic heterocycles. The average Bonchev–Trinajstić information content (AvgIpc) is 2.54. The maximum absolute atomic E-state index is 10.2. The Hall–Kier alpha value is -1.62. The van der Waals surface area contributed by atoms with E-state index in [-0.39, 0.29) is 12.1 Å². The third-order valence-electron chi connectivity index (χ3n) is 2.65. The number of aliphatic hydroxyl groups excluding tert-OH is 5. The first kappa shape index (κ1) is 20.4. The summed E-state index contributed by atoms with van der Waals surface area (Å²) >= 11 is 0. The van der Waals surface area contributed by atoms with E-state index in [1.165, 1.54) is 18.5 Å². The van der Waals surface area contributed by atoms with Crippen molar-refractivity contribution in [3.8, 4) is 0 Å². The van der Waals surface area contributed by atoms with Crippen molar-refractivity contribution in [2.24, 2.45) is 0 Å². The van der Waals surface area contributed by atoms with Crippen LogP contribution < -0.4 is 5.32 Å². The SMILES string of the molecule is CNCC(O)C(O)C(O)C(O)CO.O=C(O)c1cccnc1. The molecule has 9 nitrogen and oxygen atoms in total. The number of carboxylic acids is 1. The van der Waals surface area contributed by atoms with Gasteiger partial charge in [0.15, 0.2) is 0 Å². The van der Waals surface area contributed by atoms with Crippen molar-refractivity contribution < 1.29 is 35.4 Å². The lowest BCUT2D eigenvalue weighted by molar-refractivity contribution is -0.113. The van der Waals surface area contributed by atoms with Crippen LogP contribution in [0.15, 0.2) is 24.5 Å². The zero-order chi connectivity index (χ0) is 17.1. The number of aliphatic hydroxyl groups is 5. The Morgan fingerprint density at radius 1 is 1.23 bits per heavy atom. The second kappa shape index (κ2) is 11.0. The summed E-state index contributed by atoms with van der Waals surface area (Å²) in [5.41, 5.74) is 0.220. The van der Waals surface area contributed by atoms with Gasteiger partial charge in [-0.1, -0.05) is 0 Å². The van der Waals surface area contributed by atoms with Crippen LogP contribution in [0.4, 0.5) is 0 Å². The van der Waals surface area contributed by atoms with Crippen LogP contribution in [-0.4, -0.2) is 86.2 Å². The highest BCUT2D eigenvalue weighted by atomic mass is 16.4. The van der Waals surface area contributed by atoms with Crippen molar-refractivity contribution in [3.05, 3.63) is 30.1 Å².